The fourth-order valence-electron chi connectivity index (χ4n) is 3.40. The van der Waals surface area contributed by atoms with Crippen molar-refractivity contribution in [2.45, 2.75) is 19.9 Å². The zero-order valence-corrected chi connectivity index (χ0v) is 20.2. The number of carbonyl (C=O) groups excluding carboxylic acids is 1. The van der Waals surface area contributed by atoms with E-state index in [1.165, 1.54) is 16.8 Å². The van der Waals surface area contributed by atoms with Crippen LogP contribution < -0.4 is 5.43 Å². The first kappa shape index (κ1) is 24.9. The van der Waals surface area contributed by atoms with Crippen molar-refractivity contribution >= 4 is 29.1 Å². The number of para-hydroxylation sites is 1. The summed E-state index contributed by atoms with van der Waals surface area (Å²) in [7, 11) is 3.89. The first-order chi connectivity index (χ1) is 15.7. The second-order valence-electron chi connectivity index (χ2n) is 7.99. The zero-order valence-electron chi connectivity index (χ0n) is 18.7. The third kappa shape index (κ3) is 6.19. The molecule has 0 aliphatic rings. The highest BCUT2D eigenvalue weighted by atomic mass is 35.5. The normalized spacial score (nSPS) is 11.1. The van der Waals surface area contributed by atoms with Crippen LogP contribution >= 0.6 is 23.2 Å². The van der Waals surface area contributed by atoms with Crippen LogP contribution in [0.5, 0.6) is 0 Å². The second kappa shape index (κ2) is 10.9. The molecule has 3 aromatic rings. The molecule has 33 heavy (non-hydrogen) atoms. The van der Waals surface area contributed by atoms with E-state index in [4.69, 9.17) is 23.2 Å². The van der Waals surface area contributed by atoms with E-state index in [2.05, 4.69) is 5.10 Å². The largest absolute Gasteiger partial charge is 0.333 e. The minimum Gasteiger partial charge on any atom is -0.333 e. The maximum Gasteiger partial charge on any atom is 0.278 e. The lowest BCUT2D eigenvalue weighted by Gasteiger charge is -2.24. The van der Waals surface area contributed by atoms with Crippen molar-refractivity contribution < 1.29 is 9.18 Å². The molecule has 0 saturated carbocycles. The first-order valence-corrected chi connectivity index (χ1v) is 11.2. The van der Waals surface area contributed by atoms with Gasteiger partial charge in [-0.1, -0.05) is 41.4 Å². The quantitative estimate of drug-likeness (QED) is 0.463. The van der Waals surface area contributed by atoms with Crippen molar-refractivity contribution in [1.82, 2.24) is 19.6 Å². The minimum atomic E-state index is -0.532. The van der Waals surface area contributed by atoms with E-state index in [1.54, 1.807) is 48.2 Å². The van der Waals surface area contributed by atoms with E-state index < -0.39 is 17.2 Å². The Hall–Kier alpha value is -2.74. The van der Waals surface area contributed by atoms with Gasteiger partial charge in [0.1, 0.15) is 11.5 Å². The lowest BCUT2D eigenvalue weighted by Crippen LogP contribution is -2.37. The van der Waals surface area contributed by atoms with Crippen molar-refractivity contribution in [3.8, 4) is 5.69 Å². The van der Waals surface area contributed by atoms with Gasteiger partial charge in [-0.15, -0.1) is 0 Å². The Bertz CT molecular complexity index is 1210. The average molecular weight is 491 g/mol. The van der Waals surface area contributed by atoms with Crippen molar-refractivity contribution in [3.63, 3.8) is 0 Å². The minimum absolute atomic E-state index is 0.160. The van der Waals surface area contributed by atoms with E-state index in [-0.39, 0.29) is 17.9 Å². The van der Waals surface area contributed by atoms with Gasteiger partial charge in [0.15, 0.2) is 5.69 Å². The van der Waals surface area contributed by atoms with Gasteiger partial charge in [-0.25, -0.2) is 9.07 Å². The highest BCUT2D eigenvalue weighted by Gasteiger charge is 2.23. The summed E-state index contributed by atoms with van der Waals surface area (Å²) in [5, 5.41) is 5.05. The molecule has 3 rings (SSSR count). The Morgan fingerprint density at radius 1 is 1.06 bits per heavy atom. The molecule has 0 N–H and O–H groups in total. The molecule has 0 atom stereocenters. The predicted molar refractivity (Wildman–Crippen MR) is 129 cm³/mol. The maximum atomic E-state index is 14.4. The van der Waals surface area contributed by atoms with Gasteiger partial charge in [0, 0.05) is 24.8 Å². The molecule has 0 bridgehead atoms. The number of hydrogen-bond donors (Lipinski definition) is 0. The number of aryl methyl sites for hydroxylation is 1. The van der Waals surface area contributed by atoms with Crippen molar-refractivity contribution in [2.75, 3.05) is 27.2 Å². The highest BCUT2D eigenvalue weighted by molar-refractivity contribution is 6.42. The van der Waals surface area contributed by atoms with Gasteiger partial charge in [0.05, 0.1) is 10.0 Å². The summed E-state index contributed by atoms with van der Waals surface area (Å²) in [6, 6.07) is 12.5. The Morgan fingerprint density at radius 2 is 1.79 bits per heavy atom. The molecule has 1 aromatic heterocycles. The van der Waals surface area contributed by atoms with Gasteiger partial charge in [0.25, 0.3) is 5.91 Å². The lowest BCUT2D eigenvalue weighted by molar-refractivity contribution is 0.0728. The number of halogens is 3. The molecular formula is C24H25Cl2FN4O2. The van der Waals surface area contributed by atoms with E-state index in [0.717, 1.165) is 12.1 Å². The summed E-state index contributed by atoms with van der Waals surface area (Å²) < 4.78 is 15.7. The smallest absolute Gasteiger partial charge is 0.278 e. The predicted octanol–water partition coefficient (Wildman–Crippen LogP) is 4.58. The van der Waals surface area contributed by atoms with Crippen molar-refractivity contribution in [2.24, 2.45) is 0 Å². The summed E-state index contributed by atoms with van der Waals surface area (Å²) in [5.41, 5.74) is 0.563. The number of nitrogens with zero attached hydrogens (tertiary/aromatic N) is 4. The molecular weight excluding hydrogens is 466 g/mol. The molecule has 0 fully saturated rings. The first-order valence-electron chi connectivity index (χ1n) is 10.4. The highest BCUT2D eigenvalue weighted by Crippen LogP contribution is 2.23. The molecule has 0 unspecified atom stereocenters. The number of hydrogen-bond acceptors (Lipinski definition) is 4. The third-order valence-electron chi connectivity index (χ3n) is 5.07. The molecule has 2 aromatic carbocycles. The van der Waals surface area contributed by atoms with Crippen LogP contribution in [-0.4, -0.2) is 52.7 Å². The topological polar surface area (TPSA) is 58.4 Å². The van der Waals surface area contributed by atoms with E-state index in [9.17, 15) is 14.0 Å². The zero-order chi connectivity index (χ0) is 24.1. The van der Waals surface area contributed by atoms with Crippen LogP contribution in [0, 0.1) is 12.7 Å². The maximum absolute atomic E-state index is 14.4. The SMILES string of the molecule is Cc1cc(=O)c(C(=O)N(CCCN(C)C)Cc2ccc(Cl)c(Cl)c2)nn1-c1ccccc1F. The number of aromatic nitrogens is 2. The number of rotatable bonds is 8. The standard InChI is InChI=1S/C24H25Cl2FN4O2/c1-16-13-22(32)23(28-31(16)21-8-5-4-7-20(21)27)24(33)30(12-6-11-29(2)3)15-17-9-10-18(25)19(26)14-17/h4-5,7-10,13-14H,6,11-12,15H2,1-3H3. The van der Waals surface area contributed by atoms with Gasteiger partial charge in [-0.05, 0) is 63.8 Å². The number of carbonyl (C=O) groups is 1. The summed E-state index contributed by atoms with van der Waals surface area (Å²) >= 11 is 12.2. The van der Waals surface area contributed by atoms with Crippen LogP contribution in [0.4, 0.5) is 4.39 Å². The molecule has 0 spiro atoms. The summed E-state index contributed by atoms with van der Waals surface area (Å²) in [6.07, 6.45) is 0.688. The Labute approximate surface area is 202 Å². The molecule has 1 amide bonds. The molecule has 0 radical (unpaired) electrons. The van der Waals surface area contributed by atoms with Crippen molar-refractivity contribution in [3.05, 3.63) is 91.6 Å². The number of amides is 1. The summed E-state index contributed by atoms with van der Waals surface area (Å²) in [5.74, 6) is -1.04. The Morgan fingerprint density at radius 3 is 2.45 bits per heavy atom. The Balaban J connectivity index is 1.98. The van der Waals surface area contributed by atoms with Crippen LogP contribution in [0.25, 0.3) is 5.69 Å². The van der Waals surface area contributed by atoms with Crippen LogP contribution in [-0.2, 0) is 6.54 Å². The van der Waals surface area contributed by atoms with Gasteiger partial charge in [-0.2, -0.15) is 5.10 Å². The van der Waals surface area contributed by atoms with Gasteiger partial charge >= 0.3 is 0 Å². The summed E-state index contributed by atoms with van der Waals surface area (Å²) in [4.78, 5) is 29.7. The van der Waals surface area contributed by atoms with Gasteiger partial charge < -0.3 is 9.80 Å². The average Bonchev–Trinajstić information content (AvgIpc) is 2.76. The Kier molecular flexibility index (Phi) is 8.24. The van der Waals surface area contributed by atoms with Crippen LogP contribution in [0.2, 0.25) is 10.0 Å². The molecule has 0 aliphatic heterocycles. The molecule has 0 saturated heterocycles. The fraction of sp³-hybridized carbons (Fsp3) is 0.292. The van der Waals surface area contributed by atoms with Gasteiger partial charge in [0.2, 0.25) is 5.43 Å². The van der Waals surface area contributed by atoms with E-state index >= 15 is 0 Å². The van der Waals surface area contributed by atoms with Crippen LogP contribution in [0.1, 0.15) is 28.2 Å². The second-order valence-corrected chi connectivity index (χ2v) is 8.81. The molecule has 1 heterocycles. The van der Waals surface area contributed by atoms with Crippen LogP contribution in [0.15, 0.2) is 53.3 Å². The summed E-state index contributed by atoms with van der Waals surface area (Å²) in [6.45, 7) is 3.01. The monoisotopic (exact) mass is 490 g/mol. The molecule has 6 nitrogen and oxygen atoms in total. The number of benzene rings is 2. The lowest BCUT2D eigenvalue weighted by atomic mass is 10.2. The van der Waals surface area contributed by atoms with Gasteiger partial charge in [-0.3, -0.25) is 9.59 Å². The third-order valence-corrected chi connectivity index (χ3v) is 5.81. The van der Waals surface area contributed by atoms with E-state index in [0.29, 0.717) is 28.7 Å². The van der Waals surface area contributed by atoms with E-state index in [1.807, 2.05) is 19.0 Å². The molecule has 9 heteroatoms. The fourth-order valence-corrected chi connectivity index (χ4v) is 3.72. The van der Waals surface area contributed by atoms with Crippen LogP contribution in [0.3, 0.4) is 0 Å². The van der Waals surface area contributed by atoms with Crippen molar-refractivity contribution in [1.29, 1.82) is 0 Å². The molecule has 0 aliphatic carbocycles. The molecule has 174 valence electrons.